The molecule has 2 aromatic rings. The van der Waals surface area contributed by atoms with E-state index in [-0.39, 0.29) is 21.1 Å². The molecule has 1 fully saturated rings. The average Bonchev–Trinajstić information content (AvgIpc) is 2.84. The minimum atomic E-state index is -0.918. The Labute approximate surface area is 139 Å². The summed E-state index contributed by atoms with van der Waals surface area (Å²) in [4.78, 5) is 24.3. The van der Waals surface area contributed by atoms with E-state index in [4.69, 9.17) is 0 Å². The Balaban J connectivity index is 1.79. The number of Topliss-reactive ketones (excluding diaryl/α,β-unsaturated/α-hetero) is 2. The molecule has 3 heteroatoms. The van der Waals surface area contributed by atoms with E-state index in [0.717, 1.165) is 5.56 Å². The van der Waals surface area contributed by atoms with Crippen molar-refractivity contribution >= 4 is 26.3 Å². The Hall–Kier alpha value is -2.00. The summed E-state index contributed by atoms with van der Waals surface area (Å²) in [5.41, 5.74) is 1.76. The van der Waals surface area contributed by atoms with E-state index in [1.165, 1.54) is 10.8 Å². The molecule has 2 aromatic carbocycles. The quantitative estimate of drug-likeness (QED) is 0.640. The summed E-state index contributed by atoms with van der Waals surface area (Å²) >= 11 is 0. The van der Waals surface area contributed by atoms with Gasteiger partial charge in [0.25, 0.3) is 0 Å². The van der Waals surface area contributed by atoms with Gasteiger partial charge in [-0.2, -0.15) is 0 Å². The van der Waals surface area contributed by atoms with Crippen molar-refractivity contribution in [2.45, 2.75) is 37.6 Å². The van der Waals surface area contributed by atoms with Crippen LogP contribution in [0.5, 0.6) is 0 Å². The lowest BCUT2D eigenvalue weighted by Gasteiger charge is -2.22. The van der Waals surface area contributed by atoms with E-state index < -0.39 is 5.41 Å². The molecule has 0 spiro atoms. The fourth-order valence-corrected chi connectivity index (χ4v) is 5.19. The van der Waals surface area contributed by atoms with Crippen molar-refractivity contribution in [3.63, 3.8) is 0 Å². The summed E-state index contributed by atoms with van der Waals surface area (Å²) in [6.45, 7) is 4.05. The first-order valence-corrected chi connectivity index (χ1v) is 9.75. The van der Waals surface area contributed by atoms with Crippen molar-refractivity contribution < 1.29 is 9.59 Å². The van der Waals surface area contributed by atoms with E-state index in [1.54, 1.807) is 6.92 Å². The third kappa shape index (κ3) is 2.93. The van der Waals surface area contributed by atoms with Crippen molar-refractivity contribution in [2.75, 3.05) is 0 Å². The number of rotatable bonds is 4. The fourth-order valence-electron chi connectivity index (χ4n) is 3.44. The number of carbonyl (C=O) groups excluding carboxylic acids is 2. The molecule has 0 unspecified atom stereocenters. The first-order valence-electron chi connectivity index (χ1n) is 8.23. The number of benzene rings is 2. The van der Waals surface area contributed by atoms with Crippen LogP contribution in [0.25, 0.3) is 0 Å². The normalized spacial score (nSPS) is 18.7. The van der Waals surface area contributed by atoms with Crippen LogP contribution in [0.4, 0.5) is 0 Å². The molecule has 0 aliphatic heterocycles. The van der Waals surface area contributed by atoms with Gasteiger partial charge in [-0.15, -0.1) is 0 Å². The van der Waals surface area contributed by atoms with Crippen LogP contribution >= 0.6 is 0 Å². The molecule has 0 aromatic heterocycles. The minimum absolute atomic E-state index is 0.0574. The zero-order valence-corrected chi connectivity index (χ0v) is 15.1. The maximum Gasteiger partial charge on any atom is 0.150 e. The summed E-state index contributed by atoms with van der Waals surface area (Å²) in [7, 11) is -0.385. The van der Waals surface area contributed by atoms with Crippen LogP contribution in [-0.2, 0) is 15.0 Å². The van der Waals surface area contributed by atoms with Crippen molar-refractivity contribution in [3.8, 4) is 0 Å². The van der Waals surface area contributed by atoms with Gasteiger partial charge in [0.1, 0.15) is 5.41 Å². The number of ketones is 2. The molecular weight excluding hydrogens is 300 g/mol. The molecule has 0 heterocycles. The van der Waals surface area contributed by atoms with Gasteiger partial charge in [-0.1, -0.05) is 66.7 Å². The van der Waals surface area contributed by atoms with E-state index in [9.17, 15) is 9.59 Å². The molecule has 1 atom stereocenters. The van der Waals surface area contributed by atoms with Gasteiger partial charge < -0.3 is 0 Å². The van der Waals surface area contributed by atoms with Gasteiger partial charge in [0.2, 0.25) is 0 Å². The molecule has 0 amide bonds. The molecule has 0 bridgehead atoms. The van der Waals surface area contributed by atoms with Gasteiger partial charge in [0, 0.05) is 12.8 Å². The van der Waals surface area contributed by atoms with E-state index in [0.29, 0.717) is 18.4 Å². The van der Waals surface area contributed by atoms with Gasteiger partial charge in [-0.05, 0) is 23.6 Å². The van der Waals surface area contributed by atoms with E-state index in [2.05, 4.69) is 43.3 Å². The summed E-state index contributed by atoms with van der Waals surface area (Å²) in [5.74, 6) is 0.115. The van der Waals surface area contributed by atoms with Crippen LogP contribution in [-0.4, -0.2) is 21.1 Å². The monoisotopic (exact) mass is 322 g/mol. The highest BCUT2D eigenvalue weighted by Gasteiger charge is 2.46. The van der Waals surface area contributed by atoms with Crippen molar-refractivity contribution in [3.05, 3.63) is 65.7 Å². The predicted octanol–water partition coefficient (Wildman–Crippen LogP) is 2.43. The highest BCUT2D eigenvalue weighted by atomic mass is 28.2. The van der Waals surface area contributed by atoms with E-state index in [1.807, 2.05) is 18.2 Å². The largest absolute Gasteiger partial charge is 0.298 e. The maximum atomic E-state index is 12.2. The Morgan fingerprint density at radius 2 is 1.48 bits per heavy atom. The lowest BCUT2D eigenvalue weighted by atomic mass is 9.79. The Morgan fingerprint density at radius 3 is 2.04 bits per heavy atom. The molecular formula is C20H22O2Si. The summed E-state index contributed by atoms with van der Waals surface area (Å²) in [6, 6.07) is 18.8. The highest BCUT2D eigenvalue weighted by molar-refractivity contribution is 6.54. The van der Waals surface area contributed by atoms with Crippen molar-refractivity contribution in [1.82, 2.24) is 0 Å². The Bertz CT molecular complexity index is 703. The molecule has 23 heavy (non-hydrogen) atoms. The van der Waals surface area contributed by atoms with Crippen molar-refractivity contribution in [1.29, 1.82) is 0 Å². The van der Waals surface area contributed by atoms with Gasteiger partial charge in [0.15, 0.2) is 11.6 Å². The van der Waals surface area contributed by atoms with Gasteiger partial charge in [0.05, 0.1) is 9.52 Å². The second-order valence-corrected chi connectivity index (χ2v) is 9.13. The lowest BCUT2D eigenvalue weighted by Crippen LogP contribution is -2.34. The number of hydrogen-bond donors (Lipinski definition) is 0. The molecule has 2 nitrogen and oxygen atoms in total. The topological polar surface area (TPSA) is 34.1 Å². The molecule has 0 saturated heterocycles. The second kappa shape index (κ2) is 6.24. The van der Waals surface area contributed by atoms with Crippen LogP contribution in [0, 0.1) is 0 Å². The number of carbonyl (C=O) groups is 2. The molecule has 1 saturated carbocycles. The summed E-state index contributed by atoms with van der Waals surface area (Å²) < 4.78 is 0. The molecule has 118 valence electrons. The summed E-state index contributed by atoms with van der Waals surface area (Å²) in [6.07, 6.45) is 0.767. The maximum absolute atomic E-state index is 12.2. The Kier molecular flexibility index (Phi) is 4.31. The zero-order valence-electron chi connectivity index (χ0n) is 13.7. The first-order chi connectivity index (χ1) is 11.0. The Morgan fingerprint density at radius 1 is 0.913 bits per heavy atom. The SMILES string of the molecule is C[C@H]([SiH2]c1ccccc1)c1ccc(C2(C)C(=O)CCC2=O)cc1. The van der Waals surface area contributed by atoms with Gasteiger partial charge in [-0.3, -0.25) is 9.59 Å². The van der Waals surface area contributed by atoms with Crippen LogP contribution in [0.15, 0.2) is 54.6 Å². The van der Waals surface area contributed by atoms with Gasteiger partial charge in [-0.25, -0.2) is 0 Å². The molecule has 1 aliphatic carbocycles. The molecule has 1 aliphatic rings. The van der Waals surface area contributed by atoms with Crippen molar-refractivity contribution in [2.24, 2.45) is 0 Å². The van der Waals surface area contributed by atoms with Gasteiger partial charge >= 0.3 is 0 Å². The molecule has 0 N–H and O–H groups in total. The minimum Gasteiger partial charge on any atom is -0.298 e. The molecule has 3 rings (SSSR count). The third-order valence-corrected chi connectivity index (χ3v) is 7.16. The third-order valence-electron chi connectivity index (χ3n) is 5.14. The highest BCUT2D eigenvalue weighted by Crippen LogP contribution is 2.35. The van der Waals surface area contributed by atoms with Crippen LogP contribution in [0.2, 0.25) is 0 Å². The average molecular weight is 322 g/mol. The van der Waals surface area contributed by atoms with Crippen LogP contribution in [0.3, 0.4) is 0 Å². The smallest absolute Gasteiger partial charge is 0.150 e. The first kappa shape index (κ1) is 15.9. The van der Waals surface area contributed by atoms with Crippen LogP contribution < -0.4 is 5.19 Å². The standard InChI is InChI=1S/C20H22O2Si/c1-14(23-17-6-4-3-5-7-17)15-8-10-16(11-9-15)20(2)18(21)12-13-19(20)22/h3-11,14H,12-13,23H2,1-2H3/t14-/m0/s1. The van der Waals surface area contributed by atoms with E-state index >= 15 is 0 Å². The molecule has 0 radical (unpaired) electrons. The second-order valence-electron chi connectivity index (χ2n) is 6.68. The zero-order chi connectivity index (χ0) is 16.4. The fraction of sp³-hybridized carbons (Fsp3) is 0.300. The summed E-state index contributed by atoms with van der Waals surface area (Å²) in [5, 5.41) is 1.46. The lowest BCUT2D eigenvalue weighted by molar-refractivity contribution is -0.128. The van der Waals surface area contributed by atoms with Crippen LogP contribution in [0.1, 0.15) is 43.4 Å². The predicted molar refractivity (Wildman–Crippen MR) is 96.1 cm³/mol. The number of hydrogen-bond acceptors (Lipinski definition) is 2.